The van der Waals surface area contributed by atoms with Crippen molar-refractivity contribution in [1.29, 1.82) is 0 Å². The molecule has 0 saturated heterocycles. The van der Waals surface area contributed by atoms with E-state index in [-0.39, 0.29) is 5.41 Å². The number of aliphatic imine (C=N–C) groups is 1. The predicted octanol–water partition coefficient (Wildman–Crippen LogP) is 4.13. The van der Waals surface area contributed by atoms with Crippen LogP contribution in [0.5, 0.6) is 5.75 Å². The molecular weight excluding hydrogens is 370 g/mol. The Kier molecular flexibility index (Phi) is 4.72. The normalized spacial score (nSPS) is 27.6. The third-order valence-corrected chi connectivity index (χ3v) is 4.82. The van der Waals surface area contributed by atoms with Crippen LogP contribution in [0.1, 0.15) is 24.5 Å². The third-order valence-electron chi connectivity index (χ3n) is 4.07. The van der Waals surface area contributed by atoms with Crippen LogP contribution in [0, 0.1) is 0 Å². The van der Waals surface area contributed by atoms with E-state index in [1.807, 2.05) is 5.83 Å². The van der Waals surface area contributed by atoms with Crippen LogP contribution in [-0.4, -0.2) is 30.0 Å². The first-order valence-electron chi connectivity index (χ1n) is 6.39. The van der Waals surface area contributed by atoms with Crippen LogP contribution in [0.4, 0.5) is 0 Å². The van der Waals surface area contributed by atoms with E-state index in [0.29, 0.717) is 4.83 Å². The molecule has 1 heterocycles. The van der Waals surface area contributed by atoms with E-state index in [4.69, 9.17) is 9.73 Å². The SMILES string of the molecule is CBr.COc1ccc2c(c1)C1(C)CCN=C1C(Br)C2. The van der Waals surface area contributed by atoms with Crippen LogP contribution >= 0.6 is 31.9 Å². The fraction of sp³-hybridized carbons (Fsp3) is 0.533. The van der Waals surface area contributed by atoms with E-state index < -0.39 is 0 Å². The minimum atomic E-state index is 0.107. The Hall–Kier alpha value is -0.350. The van der Waals surface area contributed by atoms with Gasteiger partial charge in [-0.1, -0.05) is 44.8 Å². The van der Waals surface area contributed by atoms with Crippen LogP contribution in [0.3, 0.4) is 0 Å². The maximum atomic E-state index is 5.35. The summed E-state index contributed by atoms with van der Waals surface area (Å²) < 4.78 is 5.35. The summed E-state index contributed by atoms with van der Waals surface area (Å²) >= 11 is 6.71. The first-order chi connectivity index (χ1) is 9.15. The Bertz CT molecular complexity index is 501. The topological polar surface area (TPSA) is 21.6 Å². The van der Waals surface area contributed by atoms with Gasteiger partial charge in [-0.2, -0.15) is 0 Å². The molecule has 0 amide bonds. The molecule has 0 N–H and O–H groups in total. The number of halogens is 2. The van der Waals surface area contributed by atoms with Crippen LogP contribution in [0.15, 0.2) is 23.2 Å². The maximum absolute atomic E-state index is 5.35. The molecule has 0 saturated carbocycles. The minimum Gasteiger partial charge on any atom is -0.497 e. The first kappa shape index (κ1) is 15.0. The van der Waals surface area contributed by atoms with Crippen molar-refractivity contribution in [2.45, 2.75) is 30.0 Å². The Morgan fingerprint density at radius 3 is 2.79 bits per heavy atom. The number of rotatable bonds is 1. The lowest BCUT2D eigenvalue weighted by Gasteiger charge is -2.36. The summed E-state index contributed by atoms with van der Waals surface area (Å²) in [5.74, 6) is 2.76. The number of fused-ring (bicyclic) bond motifs is 3. The van der Waals surface area contributed by atoms with Gasteiger partial charge in [-0.3, -0.25) is 4.99 Å². The van der Waals surface area contributed by atoms with Crippen molar-refractivity contribution in [1.82, 2.24) is 0 Å². The molecule has 1 aliphatic heterocycles. The van der Waals surface area contributed by atoms with Crippen molar-refractivity contribution in [3.05, 3.63) is 29.3 Å². The molecule has 4 heteroatoms. The number of nitrogens with zero attached hydrogens (tertiary/aromatic N) is 1. The summed E-state index contributed by atoms with van der Waals surface area (Å²) in [5.41, 5.74) is 4.26. The predicted molar refractivity (Wildman–Crippen MR) is 88.5 cm³/mol. The molecule has 2 unspecified atom stereocenters. The number of ether oxygens (including phenoxy) is 1. The molecule has 3 rings (SSSR count). The Morgan fingerprint density at radius 1 is 1.37 bits per heavy atom. The van der Waals surface area contributed by atoms with Gasteiger partial charge in [-0.25, -0.2) is 0 Å². The average Bonchev–Trinajstić information content (AvgIpc) is 2.85. The zero-order valence-corrected chi connectivity index (χ0v) is 14.7. The molecule has 1 aromatic rings. The highest BCUT2D eigenvalue weighted by molar-refractivity contribution is 9.10. The number of methoxy groups -OCH3 is 1. The highest BCUT2D eigenvalue weighted by Gasteiger charge is 2.44. The number of benzene rings is 1. The fourth-order valence-electron chi connectivity index (χ4n) is 3.08. The number of hydrogen-bond donors (Lipinski definition) is 0. The number of alkyl halides is 2. The summed E-state index contributed by atoms with van der Waals surface area (Å²) in [6.07, 6.45) is 2.15. The Morgan fingerprint density at radius 2 is 2.11 bits per heavy atom. The van der Waals surface area contributed by atoms with E-state index in [9.17, 15) is 0 Å². The summed E-state index contributed by atoms with van der Waals surface area (Å²) in [6.45, 7) is 3.26. The molecule has 2 nitrogen and oxygen atoms in total. The van der Waals surface area contributed by atoms with Gasteiger partial charge in [0.15, 0.2) is 0 Å². The van der Waals surface area contributed by atoms with Gasteiger partial charge < -0.3 is 4.74 Å². The third kappa shape index (κ3) is 2.49. The van der Waals surface area contributed by atoms with Gasteiger partial charge >= 0.3 is 0 Å². The van der Waals surface area contributed by atoms with Gasteiger partial charge in [-0.05, 0) is 41.9 Å². The molecule has 104 valence electrons. The summed E-state index contributed by atoms with van der Waals surface area (Å²) in [7, 11) is 1.73. The lowest BCUT2D eigenvalue weighted by Crippen LogP contribution is -2.41. The molecule has 0 radical (unpaired) electrons. The molecule has 2 atom stereocenters. The van der Waals surface area contributed by atoms with Crippen LogP contribution < -0.4 is 4.74 Å². The largest absolute Gasteiger partial charge is 0.497 e. The zero-order chi connectivity index (χ0) is 14.0. The molecule has 0 aromatic heterocycles. The standard InChI is InChI=1S/C14H16BrNO.CH3Br/c1-14-5-6-16-13(14)12(15)7-9-3-4-10(17-2)8-11(9)14;1-2/h3-4,8,12H,5-7H2,1-2H3;1H3. The van der Waals surface area contributed by atoms with E-state index in [0.717, 1.165) is 25.1 Å². The Balaban J connectivity index is 0.000000637. The van der Waals surface area contributed by atoms with Crippen molar-refractivity contribution < 1.29 is 4.74 Å². The molecule has 0 fully saturated rings. The van der Waals surface area contributed by atoms with Gasteiger partial charge in [0.25, 0.3) is 0 Å². The van der Waals surface area contributed by atoms with Crippen LogP contribution in [-0.2, 0) is 11.8 Å². The molecule has 0 bridgehead atoms. The van der Waals surface area contributed by atoms with Gasteiger partial charge in [0.1, 0.15) is 5.75 Å². The van der Waals surface area contributed by atoms with Crippen molar-refractivity contribution in [2.24, 2.45) is 4.99 Å². The number of hydrogen-bond acceptors (Lipinski definition) is 2. The maximum Gasteiger partial charge on any atom is 0.119 e. The second kappa shape index (κ2) is 5.96. The summed E-state index contributed by atoms with van der Waals surface area (Å²) in [6, 6.07) is 6.44. The molecule has 0 spiro atoms. The molecular formula is C15H19Br2NO. The molecule has 2 aliphatic rings. The Labute approximate surface area is 131 Å². The molecule has 1 aliphatic carbocycles. The second-order valence-corrected chi connectivity index (χ2v) is 6.15. The smallest absolute Gasteiger partial charge is 0.119 e. The summed E-state index contributed by atoms with van der Waals surface area (Å²) in [4.78, 5) is 5.09. The van der Waals surface area contributed by atoms with Gasteiger partial charge in [-0.15, -0.1) is 0 Å². The van der Waals surface area contributed by atoms with E-state index in [1.165, 1.54) is 16.8 Å². The van der Waals surface area contributed by atoms with Gasteiger partial charge in [0.2, 0.25) is 0 Å². The lowest BCUT2D eigenvalue weighted by atomic mass is 9.69. The molecule has 1 aromatic carbocycles. The summed E-state index contributed by atoms with van der Waals surface area (Å²) in [5, 5.41) is 0. The lowest BCUT2D eigenvalue weighted by molar-refractivity contribution is 0.412. The zero-order valence-electron chi connectivity index (χ0n) is 11.5. The van der Waals surface area contributed by atoms with Crippen LogP contribution in [0.2, 0.25) is 0 Å². The van der Waals surface area contributed by atoms with E-state index >= 15 is 0 Å². The first-order valence-corrected chi connectivity index (χ1v) is 8.89. The van der Waals surface area contributed by atoms with E-state index in [1.54, 1.807) is 7.11 Å². The quantitative estimate of drug-likeness (QED) is 0.663. The van der Waals surface area contributed by atoms with Gasteiger partial charge in [0, 0.05) is 17.7 Å². The van der Waals surface area contributed by atoms with Gasteiger partial charge in [0.05, 0.1) is 11.9 Å². The van der Waals surface area contributed by atoms with Crippen molar-refractivity contribution in [2.75, 3.05) is 19.5 Å². The second-order valence-electron chi connectivity index (χ2n) is 5.04. The highest BCUT2D eigenvalue weighted by Crippen LogP contribution is 2.44. The molecule has 19 heavy (non-hydrogen) atoms. The van der Waals surface area contributed by atoms with Crippen LogP contribution in [0.25, 0.3) is 0 Å². The minimum absolute atomic E-state index is 0.107. The van der Waals surface area contributed by atoms with Crippen molar-refractivity contribution in [3.8, 4) is 5.75 Å². The highest BCUT2D eigenvalue weighted by atomic mass is 79.9. The average molecular weight is 389 g/mol. The van der Waals surface area contributed by atoms with Crippen molar-refractivity contribution >= 4 is 37.6 Å². The van der Waals surface area contributed by atoms with Crippen molar-refractivity contribution in [3.63, 3.8) is 0 Å². The fourth-order valence-corrected chi connectivity index (χ4v) is 4.08. The monoisotopic (exact) mass is 387 g/mol. The van der Waals surface area contributed by atoms with E-state index in [2.05, 4.69) is 57.0 Å².